The summed E-state index contributed by atoms with van der Waals surface area (Å²) in [6.07, 6.45) is 1.58. The predicted molar refractivity (Wildman–Crippen MR) is 112 cm³/mol. The number of carbonyl (C=O) groups is 1. The fourth-order valence-corrected chi connectivity index (χ4v) is 4.19. The molecule has 1 amide bonds. The number of halogens is 1. The summed E-state index contributed by atoms with van der Waals surface area (Å²) in [7, 11) is 0. The van der Waals surface area contributed by atoms with E-state index in [1.165, 1.54) is 11.8 Å². The van der Waals surface area contributed by atoms with Gasteiger partial charge in [0.2, 0.25) is 0 Å². The number of para-hydroxylation sites is 1. The molecule has 0 unspecified atom stereocenters. The molecule has 2 aromatic carbocycles. The summed E-state index contributed by atoms with van der Waals surface area (Å²) in [6, 6.07) is 13.2. The van der Waals surface area contributed by atoms with Gasteiger partial charge in [0, 0.05) is 21.3 Å². The maximum Gasteiger partial charge on any atom is 0.255 e. The number of amidine groups is 1. The zero-order valence-corrected chi connectivity index (χ0v) is 17.3. The maximum absolute atomic E-state index is 12.9. The van der Waals surface area contributed by atoms with E-state index in [2.05, 4.69) is 26.6 Å². The van der Waals surface area contributed by atoms with Gasteiger partial charge in [-0.25, -0.2) is 0 Å². The minimum atomic E-state index is -0.494. The van der Waals surface area contributed by atoms with E-state index in [4.69, 9.17) is 9.84 Å². The highest BCUT2D eigenvalue weighted by Crippen LogP contribution is 2.44. The van der Waals surface area contributed by atoms with Crippen molar-refractivity contribution in [3.8, 4) is 5.75 Å². The van der Waals surface area contributed by atoms with Gasteiger partial charge in [-0.15, -0.1) is 5.10 Å². The molecule has 27 heavy (non-hydrogen) atoms. The molecule has 2 aliphatic rings. The molecule has 2 aromatic rings. The van der Waals surface area contributed by atoms with Crippen molar-refractivity contribution in [2.24, 2.45) is 5.10 Å². The van der Waals surface area contributed by atoms with Crippen molar-refractivity contribution in [2.75, 3.05) is 18.2 Å². The third-order valence-electron chi connectivity index (χ3n) is 4.53. The number of thioether (sulfide) groups is 1. The lowest BCUT2D eigenvalue weighted by molar-refractivity contribution is -0.127. The SMILES string of the molecule is CCOc1ccc(Br)c([C@@H]2Nc3ccccc3[C@@H]3C(=O)NC(SC)=NN23)c1. The Bertz CT molecular complexity index is 920. The van der Waals surface area contributed by atoms with E-state index >= 15 is 0 Å². The number of rotatable bonds is 3. The average molecular weight is 447 g/mol. The van der Waals surface area contributed by atoms with E-state index in [1.54, 1.807) is 0 Å². The second kappa shape index (κ2) is 7.44. The fraction of sp³-hybridized carbons (Fsp3) is 0.263. The van der Waals surface area contributed by atoms with Gasteiger partial charge >= 0.3 is 0 Å². The second-order valence-corrected chi connectivity index (χ2v) is 7.78. The van der Waals surface area contributed by atoms with Gasteiger partial charge in [-0.1, -0.05) is 45.9 Å². The molecule has 4 rings (SSSR count). The van der Waals surface area contributed by atoms with Gasteiger partial charge in [0.1, 0.15) is 11.9 Å². The Labute approximate surface area is 170 Å². The molecule has 0 aromatic heterocycles. The lowest BCUT2D eigenvalue weighted by Crippen LogP contribution is -2.50. The first-order valence-electron chi connectivity index (χ1n) is 8.62. The molecule has 0 spiro atoms. The van der Waals surface area contributed by atoms with Crippen LogP contribution in [0.1, 0.15) is 30.3 Å². The molecule has 0 aliphatic carbocycles. The normalized spacial score (nSPS) is 20.8. The van der Waals surface area contributed by atoms with Crippen molar-refractivity contribution in [1.29, 1.82) is 0 Å². The highest BCUT2D eigenvalue weighted by atomic mass is 79.9. The topological polar surface area (TPSA) is 66.0 Å². The number of anilines is 1. The van der Waals surface area contributed by atoms with Crippen LogP contribution in [0.5, 0.6) is 5.75 Å². The highest BCUT2D eigenvalue weighted by molar-refractivity contribution is 9.10. The summed E-state index contributed by atoms with van der Waals surface area (Å²) in [5.41, 5.74) is 2.79. The number of amides is 1. The van der Waals surface area contributed by atoms with Crippen LogP contribution in [0.15, 0.2) is 52.0 Å². The Morgan fingerprint density at radius 2 is 2.07 bits per heavy atom. The molecule has 2 heterocycles. The van der Waals surface area contributed by atoms with E-state index in [0.717, 1.165) is 27.0 Å². The number of hydrogen-bond donors (Lipinski definition) is 2. The van der Waals surface area contributed by atoms with E-state index in [1.807, 2.05) is 60.7 Å². The molecule has 0 radical (unpaired) electrons. The van der Waals surface area contributed by atoms with Crippen molar-refractivity contribution in [3.05, 3.63) is 58.1 Å². The van der Waals surface area contributed by atoms with Gasteiger partial charge in [-0.3, -0.25) is 9.80 Å². The Morgan fingerprint density at radius 3 is 2.85 bits per heavy atom. The molecule has 0 fully saturated rings. The summed E-state index contributed by atoms with van der Waals surface area (Å²) in [5, 5.41) is 13.5. The second-order valence-electron chi connectivity index (χ2n) is 6.13. The first-order chi connectivity index (χ1) is 13.1. The Balaban J connectivity index is 1.85. The quantitative estimate of drug-likeness (QED) is 0.743. The number of ether oxygens (including phenoxy) is 1. The molecule has 8 heteroatoms. The van der Waals surface area contributed by atoms with Crippen LogP contribution in [0.25, 0.3) is 0 Å². The summed E-state index contributed by atoms with van der Waals surface area (Å²) in [5.74, 6) is 0.703. The van der Waals surface area contributed by atoms with E-state index in [-0.39, 0.29) is 12.1 Å². The zero-order chi connectivity index (χ0) is 19.0. The van der Waals surface area contributed by atoms with Crippen molar-refractivity contribution in [1.82, 2.24) is 10.3 Å². The van der Waals surface area contributed by atoms with Gasteiger partial charge in [0.25, 0.3) is 5.91 Å². The first kappa shape index (κ1) is 18.2. The molecule has 2 aliphatic heterocycles. The number of benzene rings is 2. The van der Waals surface area contributed by atoms with Crippen LogP contribution < -0.4 is 15.4 Å². The molecule has 140 valence electrons. The van der Waals surface area contributed by atoms with Crippen molar-refractivity contribution < 1.29 is 9.53 Å². The Hall–Kier alpha value is -2.19. The number of hydrazone groups is 1. The van der Waals surface area contributed by atoms with Crippen LogP contribution in [0.3, 0.4) is 0 Å². The minimum absolute atomic E-state index is 0.0783. The largest absolute Gasteiger partial charge is 0.494 e. The fourth-order valence-electron chi connectivity index (χ4n) is 3.35. The smallest absolute Gasteiger partial charge is 0.255 e. The predicted octanol–water partition coefficient (Wildman–Crippen LogP) is 4.08. The van der Waals surface area contributed by atoms with E-state index in [9.17, 15) is 4.79 Å². The summed E-state index contributed by atoms with van der Waals surface area (Å²) >= 11 is 5.06. The minimum Gasteiger partial charge on any atom is -0.494 e. The maximum atomic E-state index is 12.9. The number of fused-ring (bicyclic) bond motifs is 3. The van der Waals surface area contributed by atoms with Gasteiger partial charge in [0.05, 0.1) is 6.61 Å². The average Bonchev–Trinajstić information content (AvgIpc) is 2.68. The van der Waals surface area contributed by atoms with Crippen LogP contribution >= 0.6 is 27.7 Å². The lowest BCUT2D eigenvalue weighted by atomic mass is 9.97. The van der Waals surface area contributed by atoms with Crippen LogP contribution in [0.2, 0.25) is 0 Å². The van der Waals surface area contributed by atoms with Crippen LogP contribution in [0, 0.1) is 0 Å². The van der Waals surface area contributed by atoms with Crippen LogP contribution in [0.4, 0.5) is 5.69 Å². The zero-order valence-electron chi connectivity index (χ0n) is 14.9. The summed E-state index contributed by atoms with van der Waals surface area (Å²) < 4.78 is 6.60. The standard InChI is InChI=1S/C19H19BrN4O2S/c1-3-26-11-8-9-14(20)13(10-11)17-21-15-7-5-4-6-12(15)16-18(25)22-19(27-2)23-24(16)17/h4-10,16-17,21H,3H2,1-2H3,(H,22,23,25)/t16-,17-/m1/s1. The number of carbonyl (C=O) groups excluding carboxylic acids is 1. The van der Waals surface area contributed by atoms with Crippen molar-refractivity contribution >= 4 is 44.5 Å². The van der Waals surface area contributed by atoms with Crippen molar-refractivity contribution in [2.45, 2.75) is 19.1 Å². The third kappa shape index (κ3) is 3.27. The number of nitrogens with one attached hydrogen (secondary N) is 2. The van der Waals surface area contributed by atoms with E-state index in [0.29, 0.717) is 11.8 Å². The summed E-state index contributed by atoms with van der Waals surface area (Å²) in [4.78, 5) is 12.9. The Kier molecular flexibility index (Phi) is 5.01. The van der Waals surface area contributed by atoms with E-state index < -0.39 is 6.04 Å². The molecule has 6 nitrogen and oxygen atoms in total. The first-order valence-corrected chi connectivity index (χ1v) is 10.6. The third-order valence-corrected chi connectivity index (χ3v) is 5.82. The van der Waals surface area contributed by atoms with Gasteiger partial charge in [-0.2, -0.15) is 0 Å². The monoisotopic (exact) mass is 446 g/mol. The summed E-state index contributed by atoms with van der Waals surface area (Å²) in [6.45, 7) is 2.54. The van der Waals surface area contributed by atoms with Crippen molar-refractivity contribution in [3.63, 3.8) is 0 Å². The molecule has 2 N–H and O–H groups in total. The Morgan fingerprint density at radius 1 is 1.26 bits per heavy atom. The number of nitrogens with zero attached hydrogens (tertiary/aromatic N) is 2. The molecular formula is C19H19BrN4O2S. The molecule has 0 saturated heterocycles. The van der Waals surface area contributed by atoms with Gasteiger partial charge in [0.15, 0.2) is 11.2 Å². The van der Waals surface area contributed by atoms with Gasteiger partial charge in [-0.05, 0) is 37.4 Å². The molecule has 0 saturated carbocycles. The highest BCUT2D eigenvalue weighted by Gasteiger charge is 2.42. The number of hydrogen-bond acceptors (Lipinski definition) is 6. The van der Waals surface area contributed by atoms with Crippen LogP contribution in [-0.2, 0) is 4.79 Å². The molecule has 2 atom stereocenters. The molecule has 0 bridgehead atoms. The van der Waals surface area contributed by atoms with Crippen LogP contribution in [-0.4, -0.2) is 28.9 Å². The molecular weight excluding hydrogens is 428 g/mol. The van der Waals surface area contributed by atoms with Gasteiger partial charge < -0.3 is 15.4 Å². The lowest BCUT2D eigenvalue weighted by Gasteiger charge is -2.43.